The van der Waals surface area contributed by atoms with Crippen molar-refractivity contribution in [1.82, 2.24) is 10.2 Å². The Bertz CT molecular complexity index is 534. The first-order valence-corrected chi connectivity index (χ1v) is 7.09. The summed E-state index contributed by atoms with van der Waals surface area (Å²) in [7, 11) is 1.42. The first kappa shape index (κ1) is 16.8. The van der Waals surface area contributed by atoms with Crippen LogP contribution in [0.1, 0.15) is 28.8 Å². The minimum Gasteiger partial charge on any atom is -0.392 e. The highest BCUT2D eigenvalue weighted by Gasteiger charge is 2.44. The molecule has 122 valence electrons. The van der Waals surface area contributed by atoms with Crippen LogP contribution >= 0.6 is 0 Å². The molecule has 1 fully saturated rings. The summed E-state index contributed by atoms with van der Waals surface area (Å²) in [4.78, 5) is 13.4. The largest absolute Gasteiger partial charge is 0.404 e. The molecule has 1 aliphatic heterocycles. The second kappa shape index (κ2) is 6.66. The van der Waals surface area contributed by atoms with Crippen LogP contribution in [-0.2, 0) is 6.61 Å². The van der Waals surface area contributed by atoms with Gasteiger partial charge in [-0.25, -0.2) is 0 Å². The average Bonchev–Trinajstić information content (AvgIpc) is 2.46. The molecule has 2 rings (SSSR count). The molecule has 1 aromatic rings. The third-order valence-corrected chi connectivity index (χ3v) is 3.91. The number of amides is 1. The molecule has 1 saturated heterocycles. The highest BCUT2D eigenvalue weighted by atomic mass is 19.4. The smallest absolute Gasteiger partial charge is 0.392 e. The first-order valence-electron chi connectivity index (χ1n) is 7.09. The van der Waals surface area contributed by atoms with E-state index in [0.29, 0.717) is 17.5 Å². The van der Waals surface area contributed by atoms with Gasteiger partial charge in [0, 0.05) is 18.2 Å². The van der Waals surface area contributed by atoms with Crippen LogP contribution in [0.4, 0.5) is 13.2 Å². The lowest BCUT2D eigenvalue weighted by molar-refractivity contribution is -0.188. The molecule has 1 heterocycles. The molecule has 0 aliphatic carbocycles. The minimum absolute atomic E-state index is 0.0262. The highest BCUT2D eigenvalue weighted by molar-refractivity contribution is 5.94. The van der Waals surface area contributed by atoms with Crippen molar-refractivity contribution in [3.8, 4) is 0 Å². The summed E-state index contributed by atoms with van der Waals surface area (Å²) < 4.78 is 38.3. The van der Waals surface area contributed by atoms with Crippen LogP contribution in [0, 0.1) is 0 Å². The monoisotopic (exact) mass is 316 g/mol. The number of halogens is 3. The third kappa shape index (κ3) is 3.98. The van der Waals surface area contributed by atoms with Crippen LogP contribution in [0.15, 0.2) is 24.3 Å². The molecule has 0 saturated carbocycles. The predicted octanol–water partition coefficient (Wildman–Crippen LogP) is 1.93. The zero-order valence-corrected chi connectivity index (χ0v) is 12.2. The van der Waals surface area contributed by atoms with Crippen LogP contribution in [0.2, 0.25) is 0 Å². The molecule has 0 unspecified atom stereocenters. The summed E-state index contributed by atoms with van der Waals surface area (Å²) in [5.41, 5.74) is 1.01. The van der Waals surface area contributed by atoms with Crippen molar-refractivity contribution >= 4 is 5.91 Å². The summed E-state index contributed by atoms with van der Waals surface area (Å²) in [5, 5.41) is 11.8. The Morgan fingerprint density at radius 3 is 2.73 bits per heavy atom. The van der Waals surface area contributed by atoms with Crippen molar-refractivity contribution in [3.05, 3.63) is 35.4 Å². The highest BCUT2D eigenvalue weighted by Crippen LogP contribution is 2.30. The number of piperidine rings is 1. The number of hydrogen-bond acceptors (Lipinski definition) is 3. The number of likely N-dealkylation sites (tertiary alicyclic amines) is 1. The van der Waals surface area contributed by atoms with E-state index in [2.05, 4.69) is 5.32 Å². The molecule has 1 amide bonds. The fraction of sp³-hybridized carbons (Fsp3) is 0.533. The van der Waals surface area contributed by atoms with Crippen LogP contribution in [-0.4, -0.2) is 47.8 Å². The molecule has 2 N–H and O–H groups in total. The number of alkyl halides is 3. The number of aliphatic hydroxyl groups excluding tert-OH is 1. The van der Waals surface area contributed by atoms with Crippen LogP contribution in [0.3, 0.4) is 0 Å². The van der Waals surface area contributed by atoms with E-state index >= 15 is 0 Å². The van der Waals surface area contributed by atoms with Gasteiger partial charge < -0.3 is 10.4 Å². The molecule has 0 aromatic heterocycles. The van der Waals surface area contributed by atoms with Gasteiger partial charge >= 0.3 is 6.18 Å². The van der Waals surface area contributed by atoms with Gasteiger partial charge in [0.2, 0.25) is 0 Å². The summed E-state index contributed by atoms with van der Waals surface area (Å²) in [6, 6.07) is 4.78. The summed E-state index contributed by atoms with van der Waals surface area (Å²) >= 11 is 0. The van der Waals surface area contributed by atoms with Gasteiger partial charge in [0.1, 0.15) is 6.04 Å². The Kier molecular flexibility index (Phi) is 5.08. The van der Waals surface area contributed by atoms with Crippen LogP contribution < -0.4 is 5.32 Å². The van der Waals surface area contributed by atoms with E-state index in [0.717, 1.165) is 0 Å². The van der Waals surface area contributed by atoms with E-state index in [1.165, 1.54) is 11.9 Å². The van der Waals surface area contributed by atoms with Gasteiger partial charge in [-0.1, -0.05) is 12.1 Å². The summed E-state index contributed by atoms with van der Waals surface area (Å²) in [6.45, 7) is -0.00381. The second-order valence-corrected chi connectivity index (χ2v) is 5.60. The van der Waals surface area contributed by atoms with Crippen molar-refractivity contribution in [2.24, 2.45) is 0 Å². The first-order chi connectivity index (χ1) is 10.3. The number of likely N-dealkylation sites (N-methyl/N-ethyl adjacent to an activating group) is 1. The third-order valence-electron chi connectivity index (χ3n) is 3.91. The quantitative estimate of drug-likeness (QED) is 0.896. The fourth-order valence-electron chi connectivity index (χ4n) is 2.76. The lowest BCUT2D eigenvalue weighted by atomic mass is 9.98. The number of hydrogen-bond donors (Lipinski definition) is 2. The molecule has 2 atom stereocenters. The minimum atomic E-state index is -4.24. The van der Waals surface area contributed by atoms with Crippen molar-refractivity contribution in [2.75, 3.05) is 13.6 Å². The van der Waals surface area contributed by atoms with Crippen molar-refractivity contribution < 1.29 is 23.1 Å². The van der Waals surface area contributed by atoms with Gasteiger partial charge in [-0.2, -0.15) is 13.2 Å². The maximum Gasteiger partial charge on any atom is 0.404 e. The van der Waals surface area contributed by atoms with E-state index in [1.807, 2.05) is 0 Å². The van der Waals surface area contributed by atoms with Crippen LogP contribution in [0.25, 0.3) is 0 Å². The Morgan fingerprint density at radius 1 is 1.41 bits per heavy atom. The van der Waals surface area contributed by atoms with E-state index in [1.54, 1.807) is 24.3 Å². The van der Waals surface area contributed by atoms with Gasteiger partial charge in [0.05, 0.1) is 6.61 Å². The van der Waals surface area contributed by atoms with Gasteiger partial charge in [-0.15, -0.1) is 0 Å². The zero-order chi connectivity index (χ0) is 16.3. The second-order valence-electron chi connectivity index (χ2n) is 5.60. The lowest BCUT2D eigenvalue weighted by Gasteiger charge is -2.38. The molecular formula is C15H19F3N2O2. The number of nitrogens with one attached hydrogen (secondary N) is 1. The van der Waals surface area contributed by atoms with E-state index < -0.39 is 12.2 Å². The van der Waals surface area contributed by atoms with Crippen molar-refractivity contribution in [2.45, 2.75) is 37.7 Å². The van der Waals surface area contributed by atoms with E-state index in [4.69, 9.17) is 5.11 Å². The summed E-state index contributed by atoms with van der Waals surface area (Å²) in [6.07, 6.45) is -3.97. The number of nitrogens with zero attached hydrogens (tertiary/aromatic N) is 1. The Morgan fingerprint density at radius 2 is 2.14 bits per heavy atom. The number of carbonyl (C=O) groups excluding carboxylic acids is 1. The molecule has 0 radical (unpaired) electrons. The Balaban J connectivity index is 1.96. The number of rotatable bonds is 3. The number of carbonyl (C=O) groups is 1. The molecule has 4 nitrogen and oxygen atoms in total. The molecule has 1 aromatic carbocycles. The standard InChI is InChI=1S/C15H19F3N2O2/c1-20-8-12(5-6-13(20)15(16,17)18)19-14(22)11-4-2-3-10(7-11)9-21/h2-4,7,12-13,21H,5-6,8-9H2,1H3,(H,19,22)/t12-,13-/m0/s1. The molecule has 0 spiro atoms. The Labute approximate surface area is 126 Å². The molecular weight excluding hydrogens is 297 g/mol. The molecule has 1 aliphatic rings. The average molecular weight is 316 g/mol. The van der Waals surface area contributed by atoms with Gasteiger partial charge in [0.15, 0.2) is 0 Å². The molecule has 22 heavy (non-hydrogen) atoms. The number of aliphatic hydroxyl groups is 1. The maximum absolute atomic E-state index is 12.8. The van der Waals surface area contributed by atoms with Crippen molar-refractivity contribution in [1.29, 1.82) is 0 Å². The Hall–Kier alpha value is -1.60. The van der Waals surface area contributed by atoms with Crippen LogP contribution in [0.5, 0.6) is 0 Å². The van der Waals surface area contributed by atoms with Gasteiger partial charge in [0.25, 0.3) is 5.91 Å². The molecule has 0 bridgehead atoms. The zero-order valence-electron chi connectivity index (χ0n) is 12.2. The number of benzene rings is 1. The predicted molar refractivity (Wildman–Crippen MR) is 75.3 cm³/mol. The van der Waals surface area contributed by atoms with Gasteiger partial charge in [-0.05, 0) is 37.6 Å². The van der Waals surface area contributed by atoms with E-state index in [-0.39, 0.29) is 31.5 Å². The van der Waals surface area contributed by atoms with Crippen molar-refractivity contribution in [3.63, 3.8) is 0 Å². The molecule has 7 heteroatoms. The van der Waals surface area contributed by atoms with Gasteiger partial charge in [-0.3, -0.25) is 9.69 Å². The van der Waals surface area contributed by atoms with E-state index in [9.17, 15) is 18.0 Å². The maximum atomic E-state index is 12.8. The topological polar surface area (TPSA) is 52.6 Å². The lowest BCUT2D eigenvalue weighted by Crippen LogP contribution is -2.54. The fourth-order valence-corrected chi connectivity index (χ4v) is 2.76. The summed E-state index contributed by atoms with van der Waals surface area (Å²) in [5.74, 6) is -0.334. The normalized spacial score (nSPS) is 23.3. The SMILES string of the molecule is CN1C[C@@H](NC(=O)c2cccc(CO)c2)CC[C@H]1C(F)(F)F.